The molecule has 6 aromatic carbocycles. The van der Waals surface area contributed by atoms with E-state index in [2.05, 4.69) is 10.6 Å². The van der Waals surface area contributed by atoms with Crippen molar-refractivity contribution in [1.29, 1.82) is 0 Å². The summed E-state index contributed by atoms with van der Waals surface area (Å²) >= 11 is 0. The number of aryl methyl sites for hydroxylation is 2. The van der Waals surface area contributed by atoms with Crippen LogP contribution in [0.1, 0.15) is 114 Å². The Morgan fingerprint density at radius 1 is 0.464 bits per heavy atom. The van der Waals surface area contributed by atoms with E-state index >= 15 is 0 Å². The van der Waals surface area contributed by atoms with Gasteiger partial charge in [-0.05, 0) is 158 Å². The number of carbonyl (C=O) groups is 4. The molecule has 2 saturated heterocycles. The second-order valence-electron chi connectivity index (χ2n) is 20.6. The smallest absolute Gasteiger partial charge is 0.349 e. The molecule has 2 fully saturated rings. The van der Waals surface area contributed by atoms with Crippen LogP contribution in [0, 0.1) is 25.5 Å². The molecule has 448 valence electrons. The third-order valence-corrected chi connectivity index (χ3v) is 14.4. The van der Waals surface area contributed by atoms with Crippen molar-refractivity contribution in [3.8, 4) is 0 Å². The lowest BCUT2D eigenvalue weighted by Gasteiger charge is -2.42. The zero-order valence-corrected chi connectivity index (χ0v) is 45.4. The van der Waals surface area contributed by atoms with E-state index in [1.165, 1.54) is 60.3 Å². The van der Waals surface area contributed by atoms with Crippen LogP contribution in [0.5, 0.6) is 0 Å². The van der Waals surface area contributed by atoms with Gasteiger partial charge in [0.1, 0.15) is 11.6 Å². The highest BCUT2D eigenvalue weighted by atomic mass is 19.4. The fourth-order valence-electron chi connectivity index (χ4n) is 10.3. The third kappa shape index (κ3) is 16.1. The van der Waals surface area contributed by atoms with E-state index in [0.717, 1.165) is 9.80 Å². The number of urea groups is 2. The first-order valence-electron chi connectivity index (χ1n) is 26.1. The first kappa shape index (κ1) is 63.4. The van der Waals surface area contributed by atoms with Gasteiger partial charge in [-0.1, -0.05) is 48.5 Å². The van der Waals surface area contributed by atoms with Crippen LogP contribution < -0.4 is 10.6 Å². The fraction of sp³-hybridized carbons (Fsp3) is 0.333. The molecule has 0 spiro atoms. The maximum atomic E-state index is 13.9. The van der Waals surface area contributed by atoms with E-state index in [9.17, 15) is 80.6 Å². The highest BCUT2D eigenvalue weighted by molar-refractivity contribution is 5.95. The van der Waals surface area contributed by atoms with E-state index in [1.807, 2.05) is 0 Å². The summed E-state index contributed by atoms with van der Waals surface area (Å²) in [7, 11) is 2.57. The summed E-state index contributed by atoms with van der Waals surface area (Å²) in [6, 6.07) is 24.3. The van der Waals surface area contributed by atoms with Gasteiger partial charge in [-0.3, -0.25) is 9.59 Å². The SMILES string of the molecule is Cc1cc(F)ccc1[C@@H]1C[C@H](NC(=O)c2ccccc2)CCN1C(=O)N(C)Cc1cc(C(F)(F)F)cc(C(F)(F)F)c1.Cc1cc(F)ccc1[C@H]1C[C@@H](NC(=O)c2ccccc2)CCN1C(=O)N(C)Cc1cc(C(F)(F)F)cc(C(F)(F)F)c1. The molecule has 2 aliphatic heterocycles. The lowest BCUT2D eigenvalue weighted by molar-refractivity contribution is -0.144. The molecular formula is C60H56F14N6O4. The summed E-state index contributed by atoms with van der Waals surface area (Å²) in [5, 5.41) is 5.91. The summed E-state index contributed by atoms with van der Waals surface area (Å²) < 4.78 is 188. The number of alkyl halides is 12. The van der Waals surface area contributed by atoms with Gasteiger partial charge in [-0.15, -0.1) is 0 Å². The molecule has 0 saturated carbocycles. The van der Waals surface area contributed by atoms with Gasteiger partial charge in [0.25, 0.3) is 11.8 Å². The van der Waals surface area contributed by atoms with Gasteiger partial charge in [0.2, 0.25) is 0 Å². The highest BCUT2D eigenvalue weighted by Crippen LogP contribution is 2.40. The van der Waals surface area contributed by atoms with Crippen molar-refractivity contribution in [3.63, 3.8) is 0 Å². The Kier molecular flexibility index (Phi) is 19.4. The molecule has 0 aliphatic carbocycles. The second-order valence-corrected chi connectivity index (χ2v) is 20.6. The molecule has 0 aromatic heterocycles. The number of piperidine rings is 2. The van der Waals surface area contributed by atoms with Crippen LogP contribution in [0.3, 0.4) is 0 Å². The molecule has 10 nitrogen and oxygen atoms in total. The molecule has 2 heterocycles. The Morgan fingerprint density at radius 2 is 0.774 bits per heavy atom. The van der Waals surface area contributed by atoms with Crippen molar-refractivity contribution in [1.82, 2.24) is 30.2 Å². The largest absolute Gasteiger partial charge is 0.416 e. The van der Waals surface area contributed by atoms with Crippen LogP contribution in [-0.2, 0) is 37.8 Å². The molecule has 0 radical (unpaired) electrons. The zero-order valence-electron chi connectivity index (χ0n) is 45.4. The first-order chi connectivity index (χ1) is 39.3. The Balaban J connectivity index is 0.000000241. The predicted molar refractivity (Wildman–Crippen MR) is 282 cm³/mol. The number of benzene rings is 6. The first-order valence-corrected chi connectivity index (χ1v) is 26.1. The van der Waals surface area contributed by atoms with E-state index in [1.54, 1.807) is 74.5 Å². The summed E-state index contributed by atoms with van der Waals surface area (Å²) in [6.45, 7) is 2.54. The summed E-state index contributed by atoms with van der Waals surface area (Å²) in [5.74, 6) is -1.59. The van der Waals surface area contributed by atoms with Crippen molar-refractivity contribution < 1.29 is 80.6 Å². The molecule has 2 aliphatic rings. The van der Waals surface area contributed by atoms with Crippen molar-refractivity contribution in [2.75, 3.05) is 27.2 Å². The standard InChI is InChI=1S/2C30H28F7N3O2/c2*1-18-12-23(31)8-9-25(18)26-16-24(38-27(41)20-6-4-3-5-7-20)10-11-40(26)28(42)39(2)17-19-13-21(29(32,33)34)15-22(14-19)30(35,36)37/h2*3-9,12-15,24,26H,10-11,16-17H2,1-2H3,(H,38,41)/t2*24-,26+/m10/s1. The molecule has 24 heteroatoms. The summed E-state index contributed by atoms with van der Waals surface area (Å²) in [5.41, 5.74) is -3.36. The maximum absolute atomic E-state index is 13.9. The van der Waals surface area contributed by atoms with Crippen molar-refractivity contribution in [3.05, 3.63) is 212 Å². The monoisotopic (exact) mass is 1190 g/mol. The predicted octanol–water partition coefficient (Wildman–Crippen LogP) is 14.7. The van der Waals surface area contributed by atoms with E-state index < -0.39 is 95.8 Å². The van der Waals surface area contributed by atoms with Gasteiger partial charge in [-0.25, -0.2) is 18.4 Å². The molecule has 4 atom stereocenters. The lowest BCUT2D eigenvalue weighted by Crippen LogP contribution is -2.51. The number of hydrogen-bond acceptors (Lipinski definition) is 4. The second kappa shape index (κ2) is 25.8. The van der Waals surface area contributed by atoms with Crippen LogP contribution in [0.15, 0.2) is 133 Å². The molecule has 84 heavy (non-hydrogen) atoms. The minimum atomic E-state index is -5.02. The van der Waals surface area contributed by atoms with Crippen LogP contribution in [0.25, 0.3) is 0 Å². The molecule has 0 unspecified atom stereocenters. The Labute approximate surface area is 474 Å². The number of rotatable bonds is 10. The number of amides is 6. The zero-order chi connectivity index (χ0) is 61.6. The Bertz CT molecular complexity index is 3040. The molecule has 2 N–H and O–H groups in total. The van der Waals surface area contributed by atoms with Gasteiger partial charge < -0.3 is 30.2 Å². The Hall–Kier alpha value is -8.18. The Morgan fingerprint density at radius 3 is 1.06 bits per heavy atom. The van der Waals surface area contributed by atoms with Gasteiger partial charge >= 0.3 is 36.8 Å². The molecule has 0 bridgehead atoms. The number of nitrogens with zero attached hydrogens (tertiary/aromatic N) is 4. The lowest BCUT2D eigenvalue weighted by atomic mass is 9.89. The van der Waals surface area contributed by atoms with Crippen molar-refractivity contribution >= 4 is 23.9 Å². The highest BCUT2D eigenvalue weighted by Gasteiger charge is 2.41. The molecule has 6 aromatic rings. The van der Waals surface area contributed by atoms with Crippen LogP contribution in [0.4, 0.5) is 71.1 Å². The number of nitrogens with one attached hydrogen (secondary N) is 2. The van der Waals surface area contributed by atoms with Crippen LogP contribution in [-0.4, -0.2) is 82.7 Å². The van der Waals surface area contributed by atoms with Gasteiger partial charge in [0.05, 0.1) is 34.3 Å². The maximum Gasteiger partial charge on any atom is 0.416 e. The number of likely N-dealkylation sites (tertiary alicyclic amines) is 2. The van der Waals surface area contributed by atoms with E-state index in [-0.39, 0.29) is 73.1 Å². The molecule has 8 rings (SSSR count). The van der Waals surface area contributed by atoms with E-state index in [0.29, 0.717) is 70.5 Å². The molecular weight excluding hydrogens is 1130 g/mol. The summed E-state index contributed by atoms with van der Waals surface area (Å²) in [6.07, 6.45) is -18.9. The van der Waals surface area contributed by atoms with Gasteiger partial charge in [0.15, 0.2) is 0 Å². The van der Waals surface area contributed by atoms with Gasteiger partial charge in [-0.2, -0.15) is 52.7 Å². The molecule has 6 amide bonds. The minimum absolute atomic E-state index is 0.0349. The van der Waals surface area contributed by atoms with Gasteiger partial charge in [0, 0.05) is 63.5 Å². The average Bonchev–Trinajstić information content (AvgIpc) is 1.77. The number of hydrogen-bond donors (Lipinski definition) is 2. The quantitative estimate of drug-likeness (QED) is 0.133. The topological polar surface area (TPSA) is 105 Å². The average molecular weight is 1190 g/mol. The van der Waals surface area contributed by atoms with Crippen molar-refractivity contribution in [2.45, 2.75) is 101 Å². The van der Waals surface area contributed by atoms with Crippen molar-refractivity contribution in [2.24, 2.45) is 0 Å². The summed E-state index contributed by atoms with van der Waals surface area (Å²) in [4.78, 5) is 57.8. The minimum Gasteiger partial charge on any atom is -0.349 e. The van der Waals surface area contributed by atoms with E-state index in [4.69, 9.17) is 0 Å². The normalized spacial score (nSPS) is 17.6. The fourth-order valence-corrected chi connectivity index (χ4v) is 10.3. The van der Waals surface area contributed by atoms with Crippen LogP contribution in [0.2, 0.25) is 0 Å². The number of carbonyl (C=O) groups excluding carboxylic acids is 4. The third-order valence-electron chi connectivity index (χ3n) is 14.4. The van der Waals surface area contributed by atoms with Crippen LogP contribution >= 0.6 is 0 Å². The number of halogens is 14.